The summed E-state index contributed by atoms with van der Waals surface area (Å²) < 4.78 is 30.7. The lowest BCUT2D eigenvalue weighted by Crippen LogP contribution is -2.35. The van der Waals surface area contributed by atoms with Crippen molar-refractivity contribution in [3.8, 4) is 5.75 Å². The molecule has 2 N–H and O–H groups in total. The second kappa shape index (κ2) is 10.2. The molecule has 3 rings (SSSR count). The molecule has 1 amide bonds. The van der Waals surface area contributed by atoms with Crippen molar-refractivity contribution in [3.05, 3.63) is 95.6 Å². The highest BCUT2D eigenvalue weighted by atomic mass is 32.2. The summed E-state index contributed by atoms with van der Waals surface area (Å²) in [6.07, 6.45) is -0.883. The van der Waals surface area contributed by atoms with Gasteiger partial charge in [0.25, 0.3) is 5.91 Å². The zero-order valence-electron chi connectivity index (χ0n) is 17.2. The molecule has 0 bridgehead atoms. The largest absolute Gasteiger partial charge is 0.491 e. The fraction of sp³-hybridized carbons (Fsp3) is 0.208. The molecule has 7 heteroatoms. The summed E-state index contributed by atoms with van der Waals surface area (Å²) in [5.41, 5.74) is 1.89. The average Bonchev–Trinajstić information content (AvgIpc) is 2.76. The van der Waals surface area contributed by atoms with Crippen LogP contribution in [0.5, 0.6) is 5.75 Å². The average molecular weight is 440 g/mol. The van der Waals surface area contributed by atoms with Gasteiger partial charge in [0, 0.05) is 12.1 Å². The van der Waals surface area contributed by atoms with E-state index in [1.165, 1.54) is 0 Å². The summed E-state index contributed by atoms with van der Waals surface area (Å²) >= 11 is 0. The standard InChI is InChI=1S/C24H25NO5S/c1-18-7-5-10-22(13-18)30-16-21(26)15-25-24(27)20-9-6-8-19(14-20)17-31(28,29)23-11-3-2-4-12-23/h2-14,21,26H,15-17H2,1H3,(H,25,27). The maximum absolute atomic E-state index is 12.6. The highest BCUT2D eigenvalue weighted by molar-refractivity contribution is 7.90. The summed E-state index contributed by atoms with van der Waals surface area (Å²) in [6, 6.07) is 22.1. The number of benzene rings is 3. The Balaban J connectivity index is 1.55. The van der Waals surface area contributed by atoms with Crippen molar-refractivity contribution in [2.45, 2.75) is 23.7 Å². The van der Waals surface area contributed by atoms with Crippen LogP contribution in [0.25, 0.3) is 0 Å². The molecule has 3 aromatic carbocycles. The van der Waals surface area contributed by atoms with Gasteiger partial charge in [-0.25, -0.2) is 8.42 Å². The van der Waals surface area contributed by atoms with E-state index >= 15 is 0 Å². The molecule has 1 atom stereocenters. The van der Waals surface area contributed by atoms with Crippen LogP contribution in [0.3, 0.4) is 0 Å². The second-order valence-electron chi connectivity index (χ2n) is 7.26. The SMILES string of the molecule is Cc1cccc(OCC(O)CNC(=O)c2cccc(CS(=O)(=O)c3ccccc3)c2)c1. The van der Waals surface area contributed by atoms with Gasteiger partial charge in [0.15, 0.2) is 9.84 Å². The third-order valence-corrected chi connectivity index (χ3v) is 6.28. The first-order valence-corrected chi connectivity index (χ1v) is 11.5. The molecule has 0 aromatic heterocycles. The van der Waals surface area contributed by atoms with Gasteiger partial charge in [0.2, 0.25) is 0 Å². The number of carbonyl (C=O) groups excluding carboxylic acids is 1. The predicted octanol–water partition coefficient (Wildman–Crippen LogP) is 3.14. The van der Waals surface area contributed by atoms with Crippen LogP contribution in [0.15, 0.2) is 83.8 Å². The van der Waals surface area contributed by atoms with Gasteiger partial charge in [-0.3, -0.25) is 4.79 Å². The number of carbonyl (C=O) groups is 1. The lowest BCUT2D eigenvalue weighted by Gasteiger charge is -2.14. The molecular formula is C24H25NO5S. The van der Waals surface area contributed by atoms with Gasteiger partial charge in [-0.05, 0) is 54.4 Å². The molecule has 0 fully saturated rings. The van der Waals surface area contributed by atoms with Crippen molar-refractivity contribution in [2.24, 2.45) is 0 Å². The molecule has 6 nitrogen and oxygen atoms in total. The zero-order chi connectivity index (χ0) is 22.3. The monoisotopic (exact) mass is 439 g/mol. The van der Waals surface area contributed by atoms with E-state index < -0.39 is 21.8 Å². The molecular weight excluding hydrogens is 414 g/mol. The second-order valence-corrected chi connectivity index (χ2v) is 9.25. The van der Waals surface area contributed by atoms with Gasteiger partial charge in [-0.1, -0.05) is 42.5 Å². The Bertz CT molecular complexity index is 1130. The van der Waals surface area contributed by atoms with Crippen molar-refractivity contribution in [2.75, 3.05) is 13.2 Å². The smallest absolute Gasteiger partial charge is 0.251 e. The van der Waals surface area contributed by atoms with Gasteiger partial charge < -0.3 is 15.2 Å². The van der Waals surface area contributed by atoms with Crippen molar-refractivity contribution in [1.82, 2.24) is 5.32 Å². The van der Waals surface area contributed by atoms with E-state index in [4.69, 9.17) is 4.74 Å². The van der Waals surface area contributed by atoms with Crippen LogP contribution in [-0.4, -0.2) is 38.7 Å². The Morgan fingerprint density at radius 2 is 1.74 bits per heavy atom. The van der Waals surface area contributed by atoms with E-state index in [0.29, 0.717) is 16.9 Å². The number of ether oxygens (including phenoxy) is 1. The van der Waals surface area contributed by atoms with E-state index in [-0.39, 0.29) is 23.8 Å². The Labute approximate surface area is 182 Å². The third kappa shape index (κ3) is 6.67. The molecule has 3 aromatic rings. The summed E-state index contributed by atoms with van der Waals surface area (Å²) in [5, 5.41) is 12.7. The molecule has 0 aliphatic heterocycles. The van der Waals surface area contributed by atoms with Crippen LogP contribution in [0.1, 0.15) is 21.5 Å². The minimum absolute atomic E-state index is 0.0111. The van der Waals surface area contributed by atoms with Crippen LogP contribution in [-0.2, 0) is 15.6 Å². The summed E-state index contributed by atoms with van der Waals surface area (Å²) in [4.78, 5) is 12.7. The molecule has 0 aliphatic carbocycles. The van der Waals surface area contributed by atoms with Gasteiger partial charge in [-0.15, -0.1) is 0 Å². The summed E-state index contributed by atoms with van der Waals surface area (Å²) in [5.74, 6) is 0.0525. The van der Waals surface area contributed by atoms with E-state index in [1.54, 1.807) is 60.7 Å². The van der Waals surface area contributed by atoms with Crippen LogP contribution >= 0.6 is 0 Å². The first-order chi connectivity index (χ1) is 14.8. The zero-order valence-corrected chi connectivity index (χ0v) is 18.0. The number of hydrogen-bond acceptors (Lipinski definition) is 5. The Kier molecular flexibility index (Phi) is 7.44. The number of hydrogen-bond donors (Lipinski definition) is 2. The summed E-state index contributed by atoms with van der Waals surface area (Å²) in [7, 11) is -3.51. The molecule has 0 saturated carbocycles. The maximum atomic E-state index is 12.6. The summed E-state index contributed by atoms with van der Waals surface area (Å²) in [6.45, 7) is 2.00. The van der Waals surface area contributed by atoms with Crippen molar-refractivity contribution >= 4 is 15.7 Å². The van der Waals surface area contributed by atoms with Crippen molar-refractivity contribution in [3.63, 3.8) is 0 Å². The number of aliphatic hydroxyl groups is 1. The molecule has 0 spiro atoms. The van der Waals surface area contributed by atoms with Crippen LogP contribution in [0, 0.1) is 6.92 Å². The molecule has 162 valence electrons. The fourth-order valence-electron chi connectivity index (χ4n) is 3.00. The number of sulfone groups is 1. The molecule has 0 aliphatic rings. The van der Waals surface area contributed by atoms with Crippen LogP contribution < -0.4 is 10.1 Å². The highest BCUT2D eigenvalue weighted by Gasteiger charge is 2.16. The number of rotatable bonds is 9. The molecule has 1 unspecified atom stereocenters. The van der Waals surface area contributed by atoms with Crippen molar-refractivity contribution < 1.29 is 23.1 Å². The van der Waals surface area contributed by atoms with Gasteiger partial charge in [0.05, 0.1) is 10.6 Å². The molecule has 0 heterocycles. The number of aryl methyl sites for hydroxylation is 1. The topological polar surface area (TPSA) is 92.7 Å². The first kappa shape index (κ1) is 22.5. The lowest BCUT2D eigenvalue weighted by atomic mass is 10.1. The molecule has 31 heavy (non-hydrogen) atoms. The van der Waals surface area contributed by atoms with E-state index in [9.17, 15) is 18.3 Å². The Morgan fingerprint density at radius 1 is 1.00 bits per heavy atom. The molecule has 0 radical (unpaired) electrons. The van der Waals surface area contributed by atoms with E-state index in [1.807, 2.05) is 25.1 Å². The predicted molar refractivity (Wildman–Crippen MR) is 119 cm³/mol. The lowest BCUT2D eigenvalue weighted by molar-refractivity contribution is 0.0843. The van der Waals surface area contributed by atoms with Crippen LogP contribution in [0.4, 0.5) is 0 Å². The van der Waals surface area contributed by atoms with E-state index in [2.05, 4.69) is 5.32 Å². The Morgan fingerprint density at radius 3 is 2.48 bits per heavy atom. The number of aliphatic hydroxyl groups excluding tert-OH is 1. The number of amides is 1. The fourth-order valence-corrected chi connectivity index (χ4v) is 4.36. The van der Waals surface area contributed by atoms with E-state index in [0.717, 1.165) is 5.56 Å². The Hall–Kier alpha value is -3.16. The van der Waals surface area contributed by atoms with Gasteiger partial charge in [0.1, 0.15) is 18.5 Å². The van der Waals surface area contributed by atoms with Gasteiger partial charge in [-0.2, -0.15) is 0 Å². The minimum atomic E-state index is -3.51. The number of nitrogens with one attached hydrogen (secondary N) is 1. The highest BCUT2D eigenvalue weighted by Crippen LogP contribution is 2.17. The maximum Gasteiger partial charge on any atom is 0.251 e. The van der Waals surface area contributed by atoms with Crippen molar-refractivity contribution in [1.29, 1.82) is 0 Å². The molecule has 0 saturated heterocycles. The quantitative estimate of drug-likeness (QED) is 0.534. The normalized spacial score (nSPS) is 12.2. The minimum Gasteiger partial charge on any atom is -0.491 e. The first-order valence-electron chi connectivity index (χ1n) is 9.86. The van der Waals surface area contributed by atoms with Crippen LogP contribution in [0.2, 0.25) is 0 Å². The van der Waals surface area contributed by atoms with Gasteiger partial charge >= 0.3 is 0 Å². The third-order valence-electron chi connectivity index (χ3n) is 4.58.